The molecule has 0 radical (unpaired) electrons. The van der Waals surface area contributed by atoms with Gasteiger partial charge in [0.15, 0.2) is 62.8 Å². The number of hydrogen-bond donors (Lipinski definition) is 0. The Bertz CT molecular complexity index is 7180. The largest absolute Gasteiger partial charge is 0.435 e. The lowest BCUT2D eigenvalue weighted by Crippen LogP contribution is -2.42. The van der Waals surface area contributed by atoms with Gasteiger partial charge in [-0.15, -0.1) is 0 Å². The maximum Gasteiger partial charge on any atom is 0.227 e. The molecular formula is C105H101N21O5. The Morgan fingerprint density at radius 1 is 0.244 bits per heavy atom. The van der Waals surface area contributed by atoms with E-state index in [2.05, 4.69) is 164 Å². The van der Waals surface area contributed by atoms with Crippen molar-refractivity contribution < 1.29 is 34.4 Å². The first-order chi connectivity index (χ1) is 66.9. The van der Waals surface area contributed by atoms with Crippen molar-refractivity contribution in [1.82, 2.24) is 54.8 Å². The monoisotopic (exact) mass is 1740 g/mol. The zero-order chi connectivity index (χ0) is 98.1. The van der Waals surface area contributed by atoms with Crippen LogP contribution in [0.4, 0.5) is 86.1 Å². The number of pyridine rings is 9. The van der Waals surface area contributed by atoms with E-state index in [-0.39, 0.29) is 18.5 Å². The van der Waals surface area contributed by atoms with Crippen molar-refractivity contribution >= 4 is 196 Å². The van der Waals surface area contributed by atoms with Crippen LogP contribution in [0.25, 0.3) is 110 Å². The predicted octanol–water partition coefficient (Wildman–Crippen LogP) is 24.8. The SMILES string of the molecule is [2H]C(C)(C)N1c2cccnc2N(c2c(C)ccc3c2oc2ncccc23)[C@H]1C.[2H]C(C)(C)N1c2ncccc2N(c2c(C)ccc3c2oc2ncccc23)[C@H]1C.[2H]C(C)(C)N1c2ncccc2N(c2c(C)ccc3c2oc2ncccc23)[C@H]1C.[2H]C([2H])([2H])N1c2ncccc2N(c2c(C)ccc3c2oc2ncccc23)[C@H]1C.[2H]C([2H])([2H])N1c2nccnc2N(c2c(C)ccc3c2oc2ncccc23)[C@H]1C. The number of hydrogen-bond acceptors (Lipinski definition) is 26. The fourth-order valence-electron chi connectivity index (χ4n) is 19.7. The highest BCUT2D eigenvalue weighted by Gasteiger charge is 2.44. The van der Waals surface area contributed by atoms with Gasteiger partial charge in [-0.1, -0.05) is 60.7 Å². The minimum absolute atomic E-state index is 0.0807. The van der Waals surface area contributed by atoms with Crippen LogP contribution >= 0.6 is 0 Å². The summed E-state index contributed by atoms with van der Waals surface area (Å²) in [7, 11) is 0. The molecule has 25 rings (SSSR count). The summed E-state index contributed by atoms with van der Waals surface area (Å²) < 4.78 is 105. The van der Waals surface area contributed by atoms with E-state index in [1.807, 2.05) is 210 Å². The van der Waals surface area contributed by atoms with Crippen LogP contribution in [-0.4, -0.2) is 118 Å². The van der Waals surface area contributed by atoms with Crippen molar-refractivity contribution in [3.05, 3.63) is 266 Å². The molecule has 0 fully saturated rings. The van der Waals surface area contributed by atoms with E-state index < -0.39 is 44.3 Å². The van der Waals surface area contributed by atoms with Crippen molar-refractivity contribution in [1.29, 1.82) is 0 Å². The van der Waals surface area contributed by atoms with Gasteiger partial charge >= 0.3 is 0 Å². The molecule has 656 valence electrons. The lowest BCUT2D eigenvalue weighted by atomic mass is 10.1. The smallest absolute Gasteiger partial charge is 0.227 e. The fourth-order valence-corrected chi connectivity index (χ4v) is 19.7. The van der Waals surface area contributed by atoms with E-state index in [0.717, 1.165) is 167 Å². The van der Waals surface area contributed by atoms with Gasteiger partial charge in [0.25, 0.3) is 0 Å². The Labute approximate surface area is 770 Å². The standard InChI is InChI=1S/3C22H22N4O.C20H18N4O.C19H17N5O/c2*1-13(2)25-15(4)26(18-8-6-11-23-21(18)25)19-14(3)9-10-16-17-7-5-12-24-22(17)27-20(16)19;1-13(2)25-15(4)26(21-18(25)8-6-11-23-21)19-14(3)9-10-16-17-7-5-12-24-22(17)27-20(16)19;1-12-8-9-14-15-6-4-11-22-20(15)25-18(14)17(12)24-13(2)23(3)19-16(24)7-5-10-21-19;1-11-6-7-13-14-5-4-8-22-19(14)25-16(13)15(11)24-12(2)23(3)17-18(24)21-10-9-20-17/h3*5-13,15H,1-4H3;4-11,13H,1-3H3;4-10,12H,1-3H3/t3*15-;13-;12-/m00000/s1/i3*13D;2*3D3. The van der Waals surface area contributed by atoms with E-state index in [1.165, 1.54) is 16.0 Å². The first-order valence-corrected chi connectivity index (χ1v) is 43.8. The van der Waals surface area contributed by atoms with E-state index in [1.54, 1.807) is 62.0 Å². The molecule has 0 amide bonds. The van der Waals surface area contributed by atoms with Gasteiger partial charge in [0.05, 0.1) is 55.3 Å². The summed E-state index contributed by atoms with van der Waals surface area (Å²) in [6.07, 6.45) is 17.5. The number of anilines is 15. The van der Waals surface area contributed by atoms with Crippen LogP contribution in [0.5, 0.6) is 0 Å². The third kappa shape index (κ3) is 13.2. The maximum absolute atomic E-state index is 8.69. The molecule has 5 atom stereocenters. The second-order valence-electron chi connectivity index (χ2n) is 34.1. The fraction of sp³-hybridized carbons (Fsp3) is 0.248. The molecule has 0 saturated carbocycles. The average molecular weight is 1750 g/mol. The number of nitrogens with zero attached hydrogens (tertiary/aromatic N) is 21. The number of benzene rings is 5. The molecule has 26 nitrogen and oxygen atoms in total. The van der Waals surface area contributed by atoms with Gasteiger partial charge in [0.2, 0.25) is 28.6 Å². The minimum atomic E-state index is -2.35. The summed E-state index contributed by atoms with van der Waals surface area (Å²) in [4.78, 5) is 68.3. The van der Waals surface area contributed by atoms with Crippen LogP contribution in [0.3, 0.4) is 0 Å². The molecule has 0 unspecified atom stereocenters. The van der Waals surface area contributed by atoms with Crippen LogP contribution in [0.15, 0.2) is 260 Å². The molecule has 26 heteroatoms. The van der Waals surface area contributed by atoms with Crippen molar-refractivity contribution in [3.8, 4) is 0 Å². The molecule has 0 bridgehead atoms. The first kappa shape index (κ1) is 72.5. The van der Waals surface area contributed by atoms with Crippen molar-refractivity contribution in [2.75, 3.05) is 63.0 Å². The Morgan fingerprint density at radius 2 is 0.489 bits per heavy atom. The van der Waals surface area contributed by atoms with Crippen LogP contribution in [0.1, 0.15) is 116 Å². The molecule has 0 spiro atoms. The highest BCUT2D eigenvalue weighted by atomic mass is 16.4. The van der Waals surface area contributed by atoms with Gasteiger partial charge in [-0.2, -0.15) is 0 Å². The molecule has 15 aromatic heterocycles. The van der Waals surface area contributed by atoms with Crippen LogP contribution in [-0.2, 0) is 0 Å². The quantitative estimate of drug-likeness (QED) is 0.137. The molecule has 0 saturated heterocycles. The Morgan fingerprint density at radius 3 is 0.824 bits per heavy atom. The Hall–Kier alpha value is -15.5. The summed E-state index contributed by atoms with van der Waals surface area (Å²) in [5, 5.41) is 9.88. The second-order valence-corrected chi connectivity index (χ2v) is 34.1. The summed E-state index contributed by atoms with van der Waals surface area (Å²) in [5.41, 5.74) is 20.3. The van der Waals surface area contributed by atoms with Crippen LogP contribution in [0.2, 0.25) is 0 Å². The highest BCUT2D eigenvalue weighted by Crippen LogP contribution is 2.55. The molecule has 5 aliphatic heterocycles. The number of furan rings is 5. The molecule has 20 heterocycles. The Kier molecular flexibility index (Phi) is 17.9. The van der Waals surface area contributed by atoms with Gasteiger partial charge in [-0.3, -0.25) is 4.90 Å². The van der Waals surface area contributed by atoms with Crippen LogP contribution in [0, 0.1) is 34.6 Å². The summed E-state index contributed by atoms with van der Waals surface area (Å²) in [5.74, 6) is 3.76. The third-order valence-electron chi connectivity index (χ3n) is 25.5. The molecule has 0 N–H and O–H groups in total. The summed E-state index contributed by atoms with van der Waals surface area (Å²) >= 11 is 0. The van der Waals surface area contributed by atoms with Gasteiger partial charge < -0.3 is 66.2 Å². The number of fused-ring (bicyclic) bond motifs is 20. The molecule has 5 aliphatic rings. The second kappa shape index (κ2) is 32.4. The van der Waals surface area contributed by atoms with Gasteiger partial charge in [-0.05, 0) is 248 Å². The highest BCUT2D eigenvalue weighted by molar-refractivity contribution is 6.15. The molecule has 5 aromatic carbocycles. The molecule has 20 aromatic rings. The lowest BCUT2D eigenvalue weighted by molar-refractivity contribution is 0.597. The third-order valence-corrected chi connectivity index (χ3v) is 25.5. The Balaban J connectivity index is 0.000000104. The molecule has 131 heavy (non-hydrogen) atoms. The first-order valence-electron chi connectivity index (χ1n) is 48.3. The van der Waals surface area contributed by atoms with Gasteiger partial charge in [-0.25, -0.2) is 54.8 Å². The topological polar surface area (TPSA) is 240 Å². The maximum atomic E-state index is 8.69. The predicted molar refractivity (Wildman–Crippen MR) is 528 cm³/mol. The normalized spacial score (nSPS) is 18.2. The summed E-state index contributed by atoms with van der Waals surface area (Å²) in [6, 6.07) is 53.5. The number of rotatable bonds is 8. The van der Waals surface area contributed by atoms with E-state index >= 15 is 0 Å². The minimum Gasteiger partial charge on any atom is -0.435 e. The van der Waals surface area contributed by atoms with Crippen LogP contribution < -0.4 is 49.0 Å². The van der Waals surface area contributed by atoms with Crippen molar-refractivity contribution in [2.24, 2.45) is 0 Å². The van der Waals surface area contributed by atoms with E-state index in [9.17, 15) is 0 Å². The van der Waals surface area contributed by atoms with Crippen molar-refractivity contribution in [2.45, 2.75) is 160 Å². The van der Waals surface area contributed by atoms with Crippen molar-refractivity contribution in [3.63, 3.8) is 0 Å². The van der Waals surface area contributed by atoms with Gasteiger partial charge in [0, 0.05) is 162 Å². The average Bonchev–Trinajstić information content (AvgIpc) is 1.59. The zero-order valence-electron chi connectivity index (χ0n) is 84.3. The number of aromatic nitrogens is 11. The van der Waals surface area contributed by atoms with Gasteiger partial charge in [0.1, 0.15) is 30.8 Å². The van der Waals surface area contributed by atoms with E-state index in [4.69, 9.17) is 34.4 Å². The summed E-state index contributed by atoms with van der Waals surface area (Å²) in [6.45, 7) is 27.0. The van der Waals surface area contributed by atoms with E-state index in [0.29, 0.717) is 57.2 Å². The number of aryl methyl sites for hydroxylation is 5. The lowest BCUT2D eigenvalue weighted by Gasteiger charge is -2.33. The molecular weight excluding hydrogens is 1640 g/mol. The molecule has 0 aliphatic carbocycles. The zero-order valence-corrected chi connectivity index (χ0v) is 75.3.